The fraction of sp³-hybridized carbons (Fsp3) is 0. The minimum Gasteiger partial charge on any atom is -0.258 e. The minimum absolute atomic E-state index is 0.120. The maximum absolute atomic E-state index is 10.7. The van der Waals surface area contributed by atoms with Gasteiger partial charge in [-0.05, 0) is 17.8 Å². The fourth-order valence-corrected chi connectivity index (χ4v) is 1.93. The number of aromatic amines is 1. The van der Waals surface area contributed by atoms with E-state index in [-0.39, 0.29) is 15.9 Å². The third kappa shape index (κ3) is 2.28. The van der Waals surface area contributed by atoms with Gasteiger partial charge in [-0.25, -0.2) is 9.97 Å². The lowest BCUT2D eigenvalue weighted by molar-refractivity contribution is -0.388. The van der Waals surface area contributed by atoms with Crippen LogP contribution in [0.25, 0.3) is 0 Å². The number of hydrogen-bond donors (Lipinski definition) is 1. The normalized spacial score (nSPS) is 10.3. The molecule has 0 aliphatic carbocycles. The van der Waals surface area contributed by atoms with E-state index in [2.05, 4.69) is 20.2 Å². The number of H-pyrrole nitrogens is 1. The molecule has 0 aromatic carbocycles. The first-order chi connectivity index (χ1) is 7.66. The summed E-state index contributed by atoms with van der Waals surface area (Å²) < 4.78 is 0. The van der Waals surface area contributed by atoms with Crippen molar-refractivity contribution in [3.63, 3.8) is 0 Å². The van der Waals surface area contributed by atoms with Crippen molar-refractivity contribution < 1.29 is 4.92 Å². The van der Waals surface area contributed by atoms with E-state index < -0.39 is 4.92 Å². The molecule has 7 nitrogen and oxygen atoms in total. The van der Waals surface area contributed by atoms with Gasteiger partial charge >= 0.3 is 5.69 Å². The average Bonchev–Trinajstić information content (AvgIpc) is 2.70. The Balaban J connectivity index is 2.38. The van der Waals surface area contributed by atoms with Crippen molar-refractivity contribution in [1.82, 2.24) is 20.2 Å². The molecule has 9 heteroatoms. The second-order valence-corrected chi connectivity index (χ2v) is 3.97. The monoisotopic (exact) mass is 257 g/mol. The topological polar surface area (TPSA) is 97.6 Å². The lowest BCUT2D eigenvalue weighted by Gasteiger charge is -1.99. The molecule has 2 aromatic heterocycles. The quantitative estimate of drug-likeness (QED) is 0.512. The SMILES string of the molecule is O=[N+]([O-])c1ccc(Cl)nc1Sc1ncn[nH]1. The van der Waals surface area contributed by atoms with Gasteiger partial charge in [0.15, 0.2) is 10.2 Å². The van der Waals surface area contributed by atoms with Gasteiger partial charge in [-0.1, -0.05) is 11.6 Å². The summed E-state index contributed by atoms with van der Waals surface area (Å²) in [6.45, 7) is 0. The second kappa shape index (κ2) is 4.45. The Morgan fingerprint density at radius 3 is 2.94 bits per heavy atom. The molecule has 0 bridgehead atoms. The summed E-state index contributed by atoms with van der Waals surface area (Å²) in [6.07, 6.45) is 1.30. The number of rotatable bonds is 3. The maximum atomic E-state index is 10.7. The van der Waals surface area contributed by atoms with Crippen molar-refractivity contribution in [2.24, 2.45) is 0 Å². The summed E-state index contributed by atoms with van der Waals surface area (Å²) in [4.78, 5) is 17.9. The zero-order valence-electron chi connectivity index (χ0n) is 7.62. The van der Waals surface area contributed by atoms with Crippen LogP contribution in [-0.4, -0.2) is 25.1 Å². The largest absolute Gasteiger partial charge is 0.301 e. The predicted molar refractivity (Wildman–Crippen MR) is 56.4 cm³/mol. The van der Waals surface area contributed by atoms with Crippen LogP contribution in [0.3, 0.4) is 0 Å². The van der Waals surface area contributed by atoms with Crippen LogP contribution in [-0.2, 0) is 0 Å². The molecule has 2 heterocycles. The molecule has 0 unspecified atom stereocenters. The first-order valence-corrected chi connectivity index (χ1v) is 5.20. The molecule has 0 amide bonds. The van der Waals surface area contributed by atoms with Crippen molar-refractivity contribution in [3.05, 3.63) is 33.7 Å². The van der Waals surface area contributed by atoms with Crippen molar-refractivity contribution in [1.29, 1.82) is 0 Å². The molecule has 0 fully saturated rings. The molecular formula is C7H4ClN5O2S. The summed E-state index contributed by atoms with van der Waals surface area (Å²) in [5.41, 5.74) is -0.120. The van der Waals surface area contributed by atoms with Crippen LogP contribution < -0.4 is 0 Å². The fourth-order valence-electron chi connectivity index (χ4n) is 0.960. The highest BCUT2D eigenvalue weighted by Gasteiger charge is 2.17. The highest BCUT2D eigenvalue weighted by Crippen LogP contribution is 2.31. The van der Waals surface area contributed by atoms with Crippen LogP contribution >= 0.6 is 23.4 Å². The van der Waals surface area contributed by atoms with E-state index in [1.165, 1.54) is 18.5 Å². The highest BCUT2D eigenvalue weighted by molar-refractivity contribution is 7.99. The van der Waals surface area contributed by atoms with Crippen LogP contribution in [0.15, 0.2) is 28.6 Å². The molecule has 0 atom stereocenters. The van der Waals surface area contributed by atoms with Crippen molar-refractivity contribution in [2.75, 3.05) is 0 Å². The second-order valence-electron chi connectivity index (χ2n) is 2.61. The van der Waals surface area contributed by atoms with E-state index in [1.807, 2.05) is 0 Å². The Labute approximate surface area is 98.4 Å². The van der Waals surface area contributed by atoms with Crippen LogP contribution in [0, 0.1) is 10.1 Å². The number of nitrogens with zero attached hydrogens (tertiary/aromatic N) is 4. The van der Waals surface area contributed by atoms with Crippen molar-refractivity contribution in [2.45, 2.75) is 10.2 Å². The van der Waals surface area contributed by atoms with E-state index in [9.17, 15) is 10.1 Å². The first-order valence-electron chi connectivity index (χ1n) is 4.01. The van der Waals surface area contributed by atoms with Gasteiger partial charge in [-0.15, -0.1) is 0 Å². The molecule has 0 aliphatic heterocycles. The molecule has 0 aliphatic rings. The van der Waals surface area contributed by atoms with Crippen LogP contribution in [0.1, 0.15) is 0 Å². The predicted octanol–water partition coefficient (Wildman–Crippen LogP) is 1.91. The molecule has 16 heavy (non-hydrogen) atoms. The Morgan fingerprint density at radius 2 is 2.31 bits per heavy atom. The van der Waals surface area contributed by atoms with Gasteiger partial charge < -0.3 is 0 Å². The van der Waals surface area contributed by atoms with Crippen LogP contribution in [0.4, 0.5) is 5.69 Å². The zero-order valence-corrected chi connectivity index (χ0v) is 9.20. The van der Waals surface area contributed by atoms with Gasteiger partial charge in [-0.2, -0.15) is 5.10 Å². The van der Waals surface area contributed by atoms with Gasteiger partial charge in [0.05, 0.1) is 4.92 Å². The Kier molecular flexibility index (Phi) is 3.02. The lowest BCUT2D eigenvalue weighted by Crippen LogP contribution is -1.93. The summed E-state index contributed by atoms with van der Waals surface area (Å²) in [7, 11) is 0. The zero-order chi connectivity index (χ0) is 11.5. The molecule has 1 N–H and O–H groups in total. The number of aromatic nitrogens is 4. The van der Waals surface area contributed by atoms with E-state index in [0.717, 1.165) is 11.8 Å². The van der Waals surface area contributed by atoms with Gasteiger partial charge in [0.25, 0.3) is 0 Å². The number of pyridine rings is 1. The van der Waals surface area contributed by atoms with Gasteiger partial charge in [-0.3, -0.25) is 15.2 Å². The summed E-state index contributed by atoms with van der Waals surface area (Å²) in [6, 6.07) is 2.66. The number of nitrogens with one attached hydrogen (secondary N) is 1. The third-order valence-electron chi connectivity index (χ3n) is 1.59. The molecule has 0 spiro atoms. The average molecular weight is 258 g/mol. The number of nitro groups is 1. The van der Waals surface area contributed by atoms with Crippen molar-refractivity contribution >= 4 is 29.1 Å². The molecule has 0 saturated carbocycles. The van der Waals surface area contributed by atoms with E-state index in [4.69, 9.17) is 11.6 Å². The molecule has 0 saturated heterocycles. The summed E-state index contributed by atoms with van der Waals surface area (Å²) >= 11 is 6.67. The highest BCUT2D eigenvalue weighted by atomic mass is 35.5. The smallest absolute Gasteiger partial charge is 0.258 e. The van der Waals surface area contributed by atoms with Crippen LogP contribution in [0.5, 0.6) is 0 Å². The molecule has 0 radical (unpaired) electrons. The van der Waals surface area contributed by atoms with Crippen LogP contribution in [0.2, 0.25) is 5.15 Å². The molecule has 2 aromatic rings. The lowest BCUT2D eigenvalue weighted by atomic mass is 10.4. The standard InChI is InChI=1S/C7H4ClN5O2S/c8-5-2-1-4(13(14)15)6(11-5)16-7-9-3-10-12-7/h1-3H,(H,9,10,12). The maximum Gasteiger partial charge on any atom is 0.301 e. The Morgan fingerprint density at radius 1 is 1.50 bits per heavy atom. The summed E-state index contributed by atoms with van der Waals surface area (Å²) in [5, 5.41) is 17.7. The van der Waals surface area contributed by atoms with E-state index >= 15 is 0 Å². The van der Waals surface area contributed by atoms with E-state index in [0.29, 0.717) is 5.16 Å². The molecule has 2 rings (SSSR count). The van der Waals surface area contributed by atoms with Gasteiger partial charge in [0, 0.05) is 6.07 Å². The summed E-state index contributed by atoms with van der Waals surface area (Å²) in [5.74, 6) is 0. The molecular weight excluding hydrogens is 254 g/mol. The van der Waals surface area contributed by atoms with Gasteiger partial charge in [0.2, 0.25) is 0 Å². The Bertz CT molecular complexity index is 518. The third-order valence-corrected chi connectivity index (χ3v) is 2.68. The first kappa shape index (κ1) is 10.8. The minimum atomic E-state index is -0.526. The van der Waals surface area contributed by atoms with E-state index in [1.54, 1.807) is 0 Å². The number of halogens is 1. The molecule has 82 valence electrons. The Hall–Kier alpha value is -1.67. The number of hydrogen-bond acceptors (Lipinski definition) is 6. The van der Waals surface area contributed by atoms with Gasteiger partial charge in [0.1, 0.15) is 11.5 Å². The van der Waals surface area contributed by atoms with Crippen molar-refractivity contribution in [3.8, 4) is 0 Å².